The minimum Gasteiger partial charge on any atom is -1.00 e. The molecule has 3 aromatic carbocycles. The minimum absolute atomic E-state index is 0. The van der Waals surface area contributed by atoms with Crippen LogP contribution in [0, 0.1) is 37.3 Å². The Morgan fingerprint density at radius 1 is 0.809 bits per heavy atom. The zero-order valence-electron chi connectivity index (χ0n) is 31.4. The molecule has 2 aliphatic rings. The fourth-order valence-corrected chi connectivity index (χ4v) is 6.69. The molecule has 3 heteroatoms. The molecule has 2 aliphatic carbocycles. The van der Waals surface area contributed by atoms with E-state index in [-0.39, 0.29) is 35.6 Å². The molecule has 0 N–H and O–H groups in total. The summed E-state index contributed by atoms with van der Waals surface area (Å²) in [6, 6.07) is 21.4. The Balaban J connectivity index is 0.000000390. The molecule has 0 bridgehead atoms. The third-order valence-electron chi connectivity index (χ3n) is 8.85. The van der Waals surface area contributed by atoms with E-state index in [9.17, 15) is 0 Å². The molecular weight excluding hydrogens is 691 g/mol. The van der Waals surface area contributed by atoms with Gasteiger partial charge in [0, 0.05) is 0 Å². The van der Waals surface area contributed by atoms with Crippen LogP contribution in [0.1, 0.15) is 134 Å². The maximum atomic E-state index is 3.69. The molecule has 1 atom stereocenters. The normalized spacial score (nSPS) is 14.7. The third-order valence-corrected chi connectivity index (χ3v) is 9.56. The van der Waals surface area contributed by atoms with E-state index in [4.69, 9.17) is 0 Å². The van der Waals surface area contributed by atoms with E-state index >= 15 is 0 Å². The van der Waals surface area contributed by atoms with Crippen LogP contribution >= 0.6 is 0 Å². The molecule has 0 spiro atoms. The largest absolute Gasteiger partial charge is 1.00 e. The molecular formula is C44H58Cl2Zr-2. The standard InChI is InChI=1S/C23H29.C13H21.C8H8.2ClH.Zr/c1-14-9-16-11-17-10-15(2)21(23(6,7)8)13-19(17)18(16)12-20(14)22(3,4)5;1-5-6-7-11-8-9-12(10-11)13(2,3)4;1-2-8-6-4-3-5-7-8;;;/h9,12-13H,11H2,1-8H3;9-11H,5-7H2,1-4H3;3-7H,1H3;2*1H;/q2*-1;;;;+2/p-2. The zero-order chi connectivity index (χ0) is 33.7. The van der Waals surface area contributed by atoms with Gasteiger partial charge in [-0.1, -0.05) is 130 Å². The molecule has 0 amide bonds. The fourth-order valence-electron chi connectivity index (χ4n) is 6.28. The van der Waals surface area contributed by atoms with Crippen molar-refractivity contribution in [1.29, 1.82) is 0 Å². The number of fused-ring (bicyclic) bond motifs is 3. The van der Waals surface area contributed by atoms with E-state index in [1.165, 1.54) is 102 Å². The van der Waals surface area contributed by atoms with E-state index < -0.39 is 0 Å². The zero-order valence-corrected chi connectivity index (χ0v) is 35.4. The molecule has 254 valence electrons. The molecule has 0 nitrogen and oxygen atoms in total. The number of benzene rings is 3. The maximum Gasteiger partial charge on any atom is -0.0129 e. The molecule has 0 aromatic heterocycles. The Hall–Kier alpha value is -1.53. The number of allylic oxidation sites excluding steroid dienone is 4. The monoisotopic (exact) mass is 746 g/mol. The van der Waals surface area contributed by atoms with Crippen LogP contribution in [-0.4, -0.2) is 3.21 Å². The van der Waals surface area contributed by atoms with Gasteiger partial charge in [-0.05, 0) is 35.4 Å². The van der Waals surface area contributed by atoms with Crippen LogP contribution < -0.4 is 24.8 Å². The van der Waals surface area contributed by atoms with Crippen LogP contribution in [0.25, 0.3) is 11.1 Å². The molecule has 1 unspecified atom stereocenters. The van der Waals surface area contributed by atoms with Crippen LogP contribution in [0.15, 0.2) is 66.3 Å². The molecule has 0 heterocycles. The van der Waals surface area contributed by atoms with Gasteiger partial charge in [-0.15, -0.1) is 16.7 Å². The summed E-state index contributed by atoms with van der Waals surface area (Å²) in [5, 5.41) is 0. The maximum absolute atomic E-state index is 3.69. The van der Waals surface area contributed by atoms with Crippen LogP contribution in [0.4, 0.5) is 0 Å². The van der Waals surface area contributed by atoms with E-state index in [1.807, 2.05) is 6.07 Å². The van der Waals surface area contributed by atoms with Gasteiger partial charge in [0.25, 0.3) is 0 Å². The predicted octanol–water partition coefficient (Wildman–Crippen LogP) is 6.19. The molecule has 0 saturated heterocycles. The number of hydrogen-bond donors (Lipinski definition) is 0. The van der Waals surface area contributed by atoms with Crippen molar-refractivity contribution in [1.82, 2.24) is 0 Å². The van der Waals surface area contributed by atoms with Crippen molar-refractivity contribution >= 4 is 3.21 Å². The van der Waals surface area contributed by atoms with Gasteiger partial charge in [0.1, 0.15) is 0 Å². The van der Waals surface area contributed by atoms with Crippen LogP contribution in [0.2, 0.25) is 0 Å². The SMILES string of the molecule is CCCCC1[C-]=CC(C(C)(C)C)=C1.C[C](=[Zr+2])c1ccccc1.Cc1[c-]c2c(cc1C(C)(C)C)-c1cc(C(C)(C)C)c(C)cc1C2.[Cl-].[Cl-]. The van der Waals surface area contributed by atoms with E-state index in [0.29, 0.717) is 11.3 Å². The van der Waals surface area contributed by atoms with Gasteiger partial charge in [-0.25, -0.2) is 6.08 Å². The molecule has 0 aliphatic heterocycles. The van der Waals surface area contributed by atoms with Crippen LogP contribution in [-0.2, 0) is 41.5 Å². The molecule has 0 radical (unpaired) electrons. The summed E-state index contributed by atoms with van der Waals surface area (Å²) in [4.78, 5) is 0. The molecule has 0 saturated carbocycles. The summed E-state index contributed by atoms with van der Waals surface area (Å²) in [6.45, 7) is 29.4. The third kappa shape index (κ3) is 12.1. The Bertz CT molecular complexity index is 1470. The second-order valence-electron chi connectivity index (χ2n) is 16.1. The van der Waals surface area contributed by atoms with Crippen LogP contribution in [0.3, 0.4) is 0 Å². The summed E-state index contributed by atoms with van der Waals surface area (Å²) in [5.41, 5.74) is 14.7. The number of aryl methyl sites for hydroxylation is 2. The first kappa shape index (κ1) is 43.5. The van der Waals surface area contributed by atoms with Gasteiger partial charge >= 0.3 is 70.3 Å². The Labute approximate surface area is 316 Å². The van der Waals surface area contributed by atoms with Gasteiger partial charge in [-0.3, -0.25) is 6.08 Å². The number of hydrogen-bond acceptors (Lipinski definition) is 0. The number of rotatable bonds is 4. The summed E-state index contributed by atoms with van der Waals surface area (Å²) >= 11 is 1.51. The Morgan fingerprint density at radius 2 is 1.38 bits per heavy atom. The minimum atomic E-state index is 0. The average Bonchev–Trinajstić information content (AvgIpc) is 3.55. The quantitative estimate of drug-likeness (QED) is 0.219. The van der Waals surface area contributed by atoms with Crippen molar-refractivity contribution in [3.63, 3.8) is 0 Å². The summed E-state index contributed by atoms with van der Waals surface area (Å²) in [5.74, 6) is 0.592. The number of unbranched alkanes of at least 4 members (excludes halogenated alkanes) is 1. The molecule has 0 fully saturated rings. The van der Waals surface area contributed by atoms with Crippen molar-refractivity contribution in [2.75, 3.05) is 0 Å². The first-order valence-electron chi connectivity index (χ1n) is 17.0. The van der Waals surface area contributed by atoms with Crippen molar-refractivity contribution in [2.24, 2.45) is 11.3 Å². The van der Waals surface area contributed by atoms with Gasteiger partial charge in [0.15, 0.2) is 0 Å². The van der Waals surface area contributed by atoms with Gasteiger partial charge in [-0.2, -0.15) is 29.3 Å². The first-order chi connectivity index (χ1) is 20.8. The van der Waals surface area contributed by atoms with E-state index in [0.717, 1.165) is 6.42 Å². The Morgan fingerprint density at radius 3 is 1.85 bits per heavy atom. The second-order valence-corrected chi connectivity index (χ2v) is 18.0. The average molecular weight is 749 g/mol. The van der Waals surface area contributed by atoms with Gasteiger partial charge in [0.2, 0.25) is 0 Å². The van der Waals surface area contributed by atoms with Gasteiger partial charge in [0.05, 0.1) is 0 Å². The molecule has 47 heavy (non-hydrogen) atoms. The smallest absolute Gasteiger partial charge is 0.0129 e. The van der Waals surface area contributed by atoms with Gasteiger partial charge < -0.3 is 24.8 Å². The topological polar surface area (TPSA) is 0 Å². The predicted molar refractivity (Wildman–Crippen MR) is 195 cm³/mol. The van der Waals surface area contributed by atoms with E-state index in [1.54, 1.807) is 0 Å². The summed E-state index contributed by atoms with van der Waals surface area (Å²) in [7, 11) is 0. The van der Waals surface area contributed by atoms with Crippen molar-refractivity contribution in [3.05, 3.63) is 117 Å². The van der Waals surface area contributed by atoms with E-state index in [2.05, 4.69) is 157 Å². The number of halogens is 2. The Kier molecular flexibility index (Phi) is 16.6. The first-order valence-corrected chi connectivity index (χ1v) is 18.2. The summed E-state index contributed by atoms with van der Waals surface area (Å²) in [6.07, 6.45) is 12.9. The molecule has 3 aromatic rings. The van der Waals surface area contributed by atoms with Crippen LogP contribution in [0.5, 0.6) is 0 Å². The fraction of sp³-hybridized carbons (Fsp3) is 0.477. The van der Waals surface area contributed by atoms with Crippen molar-refractivity contribution in [3.8, 4) is 11.1 Å². The van der Waals surface area contributed by atoms with Crippen molar-refractivity contribution < 1.29 is 49.0 Å². The molecule has 5 rings (SSSR count). The summed E-state index contributed by atoms with van der Waals surface area (Å²) < 4.78 is 1.46. The van der Waals surface area contributed by atoms with Crippen molar-refractivity contribution in [2.45, 2.75) is 127 Å². The second kappa shape index (κ2) is 17.9.